The van der Waals surface area contributed by atoms with Crippen LogP contribution in [0, 0.1) is 6.92 Å². The van der Waals surface area contributed by atoms with Gasteiger partial charge in [-0.15, -0.1) is 0 Å². The molecule has 150 valence electrons. The van der Waals surface area contributed by atoms with E-state index in [4.69, 9.17) is 0 Å². The number of hydrogen-bond acceptors (Lipinski definition) is 4. The van der Waals surface area contributed by atoms with E-state index in [1.807, 2.05) is 31.2 Å². The molecule has 2 amide bonds. The van der Waals surface area contributed by atoms with Gasteiger partial charge in [-0.25, -0.2) is 0 Å². The molecule has 27 heavy (non-hydrogen) atoms. The molecule has 1 fully saturated rings. The maximum absolute atomic E-state index is 12.3. The Bertz CT molecular complexity index is 595. The highest BCUT2D eigenvalue weighted by Gasteiger charge is 2.17. The van der Waals surface area contributed by atoms with Gasteiger partial charge >= 0.3 is 0 Å². The van der Waals surface area contributed by atoms with E-state index in [1.54, 1.807) is 0 Å². The van der Waals surface area contributed by atoms with Crippen LogP contribution < -0.4 is 10.6 Å². The molecule has 1 saturated heterocycles. The topological polar surface area (TPSA) is 64.7 Å². The van der Waals surface area contributed by atoms with Crippen molar-refractivity contribution in [1.82, 2.24) is 20.4 Å². The summed E-state index contributed by atoms with van der Waals surface area (Å²) in [6.07, 6.45) is 1.21. The van der Waals surface area contributed by atoms with Crippen LogP contribution in [0.25, 0.3) is 0 Å². The summed E-state index contributed by atoms with van der Waals surface area (Å²) < 4.78 is 0. The molecule has 0 radical (unpaired) electrons. The van der Waals surface area contributed by atoms with Gasteiger partial charge in [0.2, 0.25) is 11.8 Å². The number of hydrogen-bond donors (Lipinski definition) is 2. The normalized spacial score (nSPS) is 16.7. The lowest BCUT2D eigenvalue weighted by molar-refractivity contribution is -0.122. The van der Waals surface area contributed by atoms with Gasteiger partial charge in [0.15, 0.2) is 0 Å². The highest BCUT2D eigenvalue weighted by atomic mass is 16.2. The number of rotatable bonds is 9. The summed E-state index contributed by atoms with van der Waals surface area (Å²) in [5.41, 5.74) is 2.12. The Morgan fingerprint density at radius 1 is 1.07 bits per heavy atom. The summed E-state index contributed by atoms with van der Waals surface area (Å²) in [7, 11) is 0. The smallest absolute Gasteiger partial charge is 0.222 e. The van der Waals surface area contributed by atoms with Crippen molar-refractivity contribution in [3.63, 3.8) is 0 Å². The number of nitrogens with one attached hydrogen (secondary N) is 2. The average Bonchev–Trinajstić information content (AvgIpc) is 2.65. The molecule has 1 heterocycles. The van der Waals surface area contributed by atoms with Gasteiger partial charge in [0, 0.05) is 39.6 Å². The Hall–Kier alpha value is -1.92. The lowest BCUT2D eigenvalue weighted by Crippen LogP contribution is -2.46. The van der Waals surface area contributed by atoms with Crippen LogP contribution in [-0.4, -0.2) is 67.4 Å². The van der Waals surface area contributed by atoms with Crippen molar-refractivity contribution >= 4 is 11.8 Å². The lowest BCUT2D eigenvalue weighted by Gasteiger charge is -2.34. The highest BCUT2D eigenvalue weighted by Crippen LogP contribution is 2.17. The predicted molar refractivity (Wildman–Crippen MR) is 109 cm³/mol. The highest BCUT2D eigenvalue weighted by molar-refractivity contribution is 5.79. The number of nitrogens with zero attached hydrogens (tertiary/aromatic N) is 2. The fourth-order valence-corrected chi connectivity index (χ4v) is 3.41. The first-order valence-corrected chi connectivity index (χ1v) is 10.0. The molecule has 1 atom stereocenters. The van der Waals surface area contributed by atoms with Crippen molar-refractivity contribution in [2.45, 2.75) is 39.7 Å². The van der Waals surface area contributed by atoms with Crippen LogP contribution in [0.2, 0.25) is 0 Å². The minimum absolute atomic E-state index is 0.0230. The molecule has 2 rings (SSSR count). The lowest BCUT2D eigenvalue weighted by atomic mass is 10.0. The molecule has 0 aromatic heterocycles. The van der Waals surface area contributed by atoms with Crippen LogP contribution in [0.5, 0.6) is 0 Å². The second-order valence-corrected chi connectivity index (χ2v) is 7.35. The summed E-state index contributed by atoms with van der Waals surface area (Å²) in [5.74, 6) is -0.148. The Morgan fingerprint density at radius 3 is 2.30 bits per heavy atom. The van der Waals surface area contributed by atoms with Gasteiger partial charge in [-0.05, 0) is 32.0 Å². The van der Waals surface area contributed by atoms with Crippen molar-refractivity contribution in [3.05, 3.63) is 35.4 Å². The zero-order valence-electron chi connectivity index (χ0n) is 17.0. The molecular formula is C21H34N4O2. The monoisotopic (exact) mass is 374 g/mol. The summed E-state index contributed by atoms with van der Waals surface area (Å²) in [6.45, 7) is 13.0. The molecule has 1 aliphatic rings. The maximum atomic E-state index is 12.3. The standard InChI is InChI=1S/C21H34N4O2/c1-4-24-12-14-25(15-13-24)11-5-10-22-21(27)16-20(23-18(3)26)19-8-6-17(2)7-9-19/h6-9,20H,4-5,10-16H2,1-3H3,(H,22,27)(H,23,26). The van der Waals surface area contributed by atoms with Gasteiger partial charge in [0.1, 0.15) is 0 Å². The zero-order chi connectivity index (χ0) is 19.6. The van der Waals surface area contributed by atoms with E-state index in [-0.39, 0.29) is 24.3 Å². The maximum Gasteiger partial charge on any atom is 0.222 e. The predicted octanol–water partition coefficient (Wildman–Crippen LogP) is 1.71. The van der Waals surface area contributed by atoms with Gasteiger partial charge in [0.25, 0.3) is 0 Å². The van der Waals surface area contributed by atoms with E-state index in [1.165, 1.54) is 6.92 Å². The summed E-state index contributed by atoms with van der Waals surface area (Å²) in [6, 6.07) is 7.66. The summed E-state index contributed by atoms with van der Waals surface area (Å²) in [4.78, 5) is 28.8. The minimum Gasteiger partial charge on any atom is -0.356 e. The van der Waals surface area contributed by atoms with Gasteiger partial charge in [0.05, 0.1) is 12.5 Å². The summed E-state index contributed by atoms with van der Waals surface area (Å²) >= 11 is 0. The molecule has 1 aliphatic heterocycles. The molecule has 6 heteroatoms. The van der Waals surface area contributed by atoms with Crippen LogP contribution in [-0.2, 0) is 9.59 Å². The van der Waals surface area contributed by atoms with Crippen molar-refractivity contribution in [2.75, 3.05) is 45.8 Å². The van der Waals surface area contributed by atoms with E-state index in [2.05, 4.69) is 27.4 Å². The number of piperazine rings is 1. The third-order valence-electron chi connectivity index (χ3n) is 5.13. The van der Waals surface area contributed by atoms with Crippen molar-refractivity contribution < 1.29 is 9.59 Å². The SMILES string of the molecule is CCN1CCN(CCCNC(=O)CC(NC(C)=O)c2ccc(C)cc2)CC1. The average molecular weight is 375 g/mol. The van der Waals surface area contributed by atoms with Crippen LogP contribution in [0.1, 0.15) is 43.9 Å². The van der Waals surface area contributed by atoms with Gasteiger partial charge in [-0.3, -0.25) is 9.59 Å². The second-order valence-electron chi connectivity index (χ2n) is 7.35. The Morgan fingerprint density at radius 2 is 1.70 bits per heavy atom. The first-order valence-electron chi connectivity index (χ1n) is 10.0. The zero-order valence-corrected chi connectivity index (χ0v) is 17.0. The van der Waals surface area contributed by atoms with Crippen molar-refractivity contribution in [2.24, 2.45) is 0 Å². The molecule has 1 aromatic carbocycles. The number of amides is 2. The summed E-state index contributed by atoms with van der Waals surface area (Å²) in [5, 5.41) is 5.89. The number of benzene rings is 1. The molecule has 0 aliphatic carbocycles. The van der Waals surface area contributed by atoms with E-state index in [0.29, 0.717) is 6.54 Å². The Labute approximate surface area is 163 Å². The van der Waals surface area contributed by atoms with Crippen molar-refractivity contribution in [1.29, 1.82) is 0 Å². The van der Waals surface area contributed by atoms with E-state index < -0.39 is 0 Å². The van der Waals surface area contributed by atoms with Crippen LogP contribution in [0.15, 0.2) is 24.3 Å². The first kappa shape index (κ1) is 21.4. The molecule has 0 bridgehead atoms. The molecule has 0 spiro atoms. The van der Waals surface area contributed by atoms with Crippen LogP contribution in [0.4, 0.5) is 0 Å². The third-order valence-corrected chi connectivity index (χ3v) is 5.13. The quantitative estimate of drug-likeness (QED) is 0.646. The van der Waals surface area contributed by atoms with Gasteiger partial charge < -0.3 is 20.4 Å². The van der Waals surface area contributed by atoms with Crippen LogP contribution >= 0.6 is 0 Å². The van der Waals surface area contributed by atoms with Crippen LogP contribution in [0.3, 0.4) is 0 Å². The van der Waals surface area contributed by atoms with E-state index >= 15 is 0 Å². The van der Waals surface area contributed by atoms with Gasteiger partial charge in [-0.2, -0.15) is 0 Å². The molecule has 2 N–H and O–H groups in total. The molecule has 0 saturated carbocycles. The number of likely N-dealkylation sites (N-methyl/N-ethyl adjacent to an activating group) is 1. The fraction of sp³-hybridized carbons (Fsp3) is 0.619. The molecule has 1 unspecified atom stereocenters. The fourth-order valence-electron chi connectivity index (χ4n) is 3.41. The molecule has 6 nitrogen and oxygen atoms in total. The Kier molecular flexibility index (Phi) is 8.75. The largest absolute Gasteiger partial charge is 0.356 e. The van der Waals surface area contributed by atoms with E-state index in [9.17, 15) is 9.59 Å². The third kappa shape index (κ3) is 7.69. The van der Waals surface area contributed by atoms with E-state index in [0.717, 1.165) is 56.8 Å². The Balaban J connectivity index is 1.72. The van der Waals surface area contributed by atoms with Crippen molar-refractivity contribution in [3.8, 4) is 0 Å². The number of aryl methyl sites for hydroxylation is 1. The number of carbonyl (C=O) groups excluding carboxylic acids is 2. The number of carbonyl (C=O) groups is 2. The first-order chi connectivity index (χ1) is 13.0. The van der Waals surface area contributed by atoms with Gasteiger partial charge in [-0.1, -0.05) is 36.8 Å². The molecule has 1 aromatic rings. The second kappa shape index (κ2) is 11.0. The molecular weight excluding hydrogens is 340 g/mol. The minimum atomic E-state index is -0.287.